The van der Waals surface area contributed by atoms with Gasteiger partial charge in [-0.3, -0.25) is 4.79 Å². The zero-order valence-electron chi connectivity index (χ0n) is 8.77. The van der Waals surface area contributed by atoms with E-state index >= 15 is 0 Å². The van der Waals surface area contributed by atoms with Gasteiger partial charge in [0.05, 0.1) is 5.75 Å². The minimum atomic E-state index is -4.74. The maximum atomic E-state index is 12.1. The molecular weight excluding hydrogens is 263 g/mol. The third-order valence-electron chi connectivity index (χ3n) is 2.20. The summed E-state index contributed by atoms with van der Waals surface area (Å²) in [4.78, 5) is 10.4. The van der Waals surface area contributed by atoms with E-state index in [0.29, 0.717) is 12.8 Å². The maximum Gasteiger partial charge on any atom is 0.402 e. The second-order valence-electron chi connectivity index (χ2n) is 4.00. The van der Waals surface area contributed by atoms with Crippen molar-refractivity contribution in [1.82, 2.24) is 4.31 Å². The molecule has 0 aromatic heterocycles. The molecule has 5 nitrogen and oxygen atoms in total. The fourth-order valence-electron chi connectivity index (χ4n) is 1.29. The minimum absolute atomic E-state index is 0.0202. The number of halogens is 3. The Kier molecular flexibility index (Phi) is 4.03. The van der Waals surface area contributed by atoms with Crippen LogP contribution < -0.4 is 0 Å². The van der Waals surface area contributed by atoms with Crippen LogP contribution in [0.15, 0.2) is 0 Å². The van der Waals surface area contributed by atoms with Gasteiger partial charge in [0.15, 0.2) is 0 Å². The van der Waals surface area contributed by atoms with Gasteiger partial charge in [0.2, 0.25) is 10.0 Å². The van der Waals surface area contributed by atoms with Crippen LogP contribution in [-0.4, -0.2) is 48.8 Å². The second kappa shape index (κ2) is 4.81. The summed E-state index contributed by atoms with van der Waals surface area (Å²) >= 11 is 0. The van der Waals surface area contributed by atoms with Crippen LogP contribution in [0.4, 0.5) is 13.2 Å². The molecule has 1 N–H and O–H groups in total. The highest BCUT2D eigenvalue weighted by atomic mass is 32.2. The topological polar surface area (TPSA) is 74.7 Å². The zero-order chi connectivity index (χ0) is 13.3. The standard InChI is InChI=1S/C8H12F3NO4S/c9-8(10,11)5-12(3-7(13)14)17(15,16)4-6-1-2-6/h6H,1-5H2,(H,13,14). The van der Waals surface area contributed by atoms with Crippen molar-refractivity contribution in [3.05, 3.63) is 0 Å². The number of carboxylic acid groups (broad SMARTS) is 1. The lowest BCUT2D eigenvalue weighted by molar-refractivity contribution is -0.146. The summed E-state index contributed by atoms with van der Waals surface area (Å²) in [6.07, 6.45) is -3.43. The van der Waals surface area contributed by atoms with Crippen molar-refractivity contribution in [1.29, 1.82) is 0 Å². The summed E-state index contributed by atoms with van der Waals surface area (Å²) < 4.78 is 59.5. The Bertz CT molecular complexity index is 388. The first-order valence-corrected chi connectivity index (χ1v) is 6.47. The fraction of sp³-hybridized carbons (Fsp3) is 0.875. The first-order chi connectivity index (χ1) is 7.60. The minimum Gasteiger partial charge on any atom is -0.480 e. The Balaban J connectivity index is 2.76. The number of hydrogen-bond donors (Lipinski definition) is 1. The summed E-state index contributed by atoms with van der Waals surface area (Å²) in [6, 6.07) is 0. The van der Waals surface area contributed by atoms with Crippen molar-refractivity contribution in [2.24, 2.45) is 5.92 Å². The summed E-state index contributed by atoms with van der Waals surface area (Å²) in [7, 11) is -4.15. The molecule has 1 aliphatic rings. The molecule has 0 heterocycles. The highest BCUT2D eigenvalue weighted by Crippen LogP contribution is 2.31. The lowest BCUT2D eigenvalue weighted by Crippen LogP contribution is -2.43. The van der Waals surface area contributed by atoms with Gasteiger partial charge < -0.3 is 5.11 Å². The number of hydrogen-bond acceptors (Lipinski definition) is 3. The van der Waals surface area contributed by atoms with Crippen LogP contribution in [0.3, 0.4) is 0 Å². The van der Waals surface area contributed by atoms with E-state index in [0.717, 1.165) is 0 Å². The molecule has 0 spiro atoms. The number of carbonyl (C=O) groups is 1. The lowest BCUT2D eigenvalue weighted by Gasteiger charge is -2.21. The van der Waals surface area contributed by atoms with Crippen molar-refractivity contribution >= 4 is 16.0 Å². The largest absolute Gasteiger partial charge is 0.480 e. The molecule has 0 amide bonds. The van der Waals surface area contributed by atoms with E-state index in [9.17, 15) is 26.4 Å². The summed E-state index contributed by atoms with van der Waals surface area (Å²) in [5.74, 6) is -2.14. The molecule has 0 aliphatic heterocycles. The van der Waals surface area contributed by atoms with Crippen LogP contribution in [-0.2, 0) is 14.8 Å². The Labute approximate surface area is 96.3 Å². The molecule has 0 bridgehead atoms. The predicted molar refractivity (Wildman–Crippen MR) is 51.8 cm³/mol. The van der Waals surface area contributed by atoms with Gasteiger partial charge >= 0.3 is 12.1 Å². The van der Waals surface area contributed by atoms with E-state index in [4.69, 9.17) is 5.11 Å². The van der Waals surface area contributed by atoms with Gasteiger partial charge in [-0.15, -0.1) is 0 Å². The van der Waals surface area contributed by atoms with Crippen molar-refractivity contribution in [3.8, 4) is 0 Å². The molecule has 0 saturated heterocycles. The maximum absolute atomic E-state index is 12.1. The molecular formula is C8H12F3NO4S. The molecule has 1 fully saturated rings. The highest BCUT2D eigenvalue weighted by molar-refractivity contribution is 7.89. The fourth-order valence-corrected chi connectivity index (χ4v) is 3.08. The Hall–Kier alpha value is -0.830. The summed E-state index contributed by atoms with van der Waals surface area (Å²) in [5.41, 5.74) is 0. The molecule has 17 heavy (non-hydrogen) atoms. The number of aliphatic carboxylic acids is 1. The van der Waals surface area contributed by atoms with Gasteiger partial charge in [-0.2, -0.15) is 17.5 Å². The molecule has 0 radical (unpaired) electrons. The number of nitrogens with zero attached hydrogens (tertiary/aromatic N) is 1. The molecule has 0 aromatic rings. The quantitative estimate of drug-likeness (QED) is 0.773. The molecule has 1 rings (SSSR count). The van der Waals surface area contributed by atoms with E-state index < -0.39 is 41.0 Å². The van der Waals surface area contributed by atoms with Crippen molar-refractivity contribution in [2.45, 2.75) is 19.0 Å². The monoisotopic (exact) mass is 275 g/mol. The van der Waals surface area contributed by atoms with Crippen LogP contribution in [0.1, 0.15) is 12.8 Å². The van der Waals surface area contributed by atoms with Gasteiger partial charge in [0, 0.05) is 0 Å². The SMILES string of the molecule is O=C(O)CN(CC(F)(F)F)S(=O)(=O)CC1CC1. The van der Waals surface area contributed by atoms with Gasteiger partial charge in [0.1, 0.15) is 13.1 Å². The molecule has 100 valence electrons. The van der Waals surface area contributed by atoms with E-state index in [2.05, 4.69) is 0 Å². The van der Waals surface area contributed by atoms with Crippen LogP contribution >= 0.6 is 0 Å². The van der Waals surface area contributed by atoms with Crippen LogP contribution in [0.2, 0.25) is 0 Å². The van der Waals surface area contributed by atoms with Gasteiger partial charge in [-0.1, -0.05) is 0 Å². The van der Waals surface area contributed by atoms with Crippen molar-refractivity contribution in [3.63, 3.8) is 0 Å². The molecule has 0 aromatic carbocycles. The normalized spacial score (nSPS) is 17.4. The van der Waals surface area contributed by atoms with Crippen molar-refractivity contribution in [2.75, 3.05) is 18.8 Å². The van der Waals surface area contributed by atoms with E-state index in [1.165, 1.54) is 0 Å². The number of sulfonamides is 1. The van der Waals surface area contributed by atoms with Crippen LogP contribution in [0, 0.1) is 5.92 Å². The third-order valence-corrected chi connectivity index (χ3v) is 4.14. The molecule has 9 heteroatoms. The summed E-state index contributed by atoms with van der Waals surface area (Å²) in [5, 5.41) is 8.42. The van der Waals surface area contributed by atoms with Gasteiger partial charge in [-0.05, 0) is 18.8 Å². The molecule has 0 atom stereocenters. The van der Waals surface area contributed by atoms with Gasteiger partial charge in [0.25, 0.3) is 0 Å². The van der Waals surface area contributed by atoms with Crippen LogP contribution in [0.5, 0.6) is 0 Å². The number of carboxylic acids is 1. The zero-order valence-corrected chi connectivity index (χ0v) is 9.59. The van der Waals surface area contributed by atoms with E-state index in [-0.39, 0.29) is 10.2 Å². The smallest absolute Gasteiger partial charge is 0.402 e. The van der Waals surface area contributed by atoms with Crippen molar-refractivity contribution < 1.29 is 31.5 Å². The first-order valence-electron chi connectivity index (χ1n) is 4.86. The third kappa shape index (κ3) is 5.35. The Morgan fingerprint density at radius 2 is 1.88 bits per heavy atom. The predicted octanol–water partition coefficient (Wildman–Crippen LogP) is 0.675. The second-order valence-corrected chi connectivity index (χ2v) is 6.01. The van der Waals surface area contributed by atoms with Crippen LogP contribution in [0.25, 0.3) is 0 Å². The molecule has 1 aliphatic carbocycles. The molecule has 1 saturated carbocycles. The van der Waals surface area contributed by atoms with E-state index in [1.54, 1.807) is 0 Å². The Morgan fingerprint density at radius 1 is 1.35 bits per heavy atom. The highest BCUT2D eigenvalue weighted by Gasteiger charge is 2.39. The number of rotatable bonds is 6. The average Bonchev–Trinajstić information content (AvgIpc) is 2.82. The van der Waals surface area contributed by atoms with Gasteiger partial charge in [-0.25, -0.2) is 8.42 Å². The number of alkyl halides is 3. The first kappa shape index (κ1) is 14.2. The lowest BCUT2D eigenvalue weighted by atomic mass is 10.5. The average molecular weight is 275 g/mol. The molecule has 0 unspecified atom stereocenters. The summed E-state index contributed by atoms with van der Waals surface area (Å²) in [6.45, 7) is -2.91. The Morgan fingerprint density at radius 3 is 2.24 bits per heavy atom. The van der Waals surface area contributed by atoms with E-state index in [1.807, 2.05) is 0 Å².